The number of hydrogen-bond donors (Lipinski definition) is 1. The molecule has 0 aromatic heterocycles. The van der Waals surface area contributed by atoms with Gasteiger partial charge in [0.05, 0.1) is 12.6 Å². The number of rotatable bonds is 7. The zero-order chi connectivity index (χ0) is 23.2. The topological polar surface area (TPSA) is 50.7 Å². The van der Waals surface area contributed by atoms with Crippen LogP contribution in [0.2, 0.25) is 5.02 Å². The number of hydrogen-bond acceptors (Lipinski definition) is 3. The summed E-state index contributed by atoms with van der Waals surface area (Å²) in [7, 11) is 0. The van der Waals surface area contributed by atoms with Crippen molar-refractivity contribution in [1.82, 2.24) is 5.43 Å². The van der Waals surface area contributed by atoms with Crippen LogP contribution in [0.25, 0.3) is 10.8 Å². The first-order chi connectivity index (χ1) is 16.0. The van der Waals surface area contributed by atoms with Gasteiger partial charge in [0.25, 0.3) is 0 Å². The fourth-order valence-electron chi connectivity index (χ4n) is 3.70. The molecular weight excluding hydrogens is 432 g/mol. The normalized spacial score (nSPS) is 11.1. The van der Waals surface area contributed by atoms with Gasteiger partial charge < -0.3 is 4.74 Å². The number of amides is 1. The van der Waals surface area contributed by atoms with E-state index < -0.39 is 0 Å². The summed E-state index contributed by atoms with van der Waals surface area (Å²) in [5.74, 6) is 0.526. The largest absolute Gasteiger partial charge is 0.488 e. The molecule has 33 heavy (non-hydrogen) atoms. The second-order valence-corrected chi connectivity index (χ2v) is 8.45. The Labute approximate surface area is 198 Å². The van der Waals surface area contributed by atoms with Crippen molar-refractivity contribution in [2.24, 2.45) is 5.10 Å². The first kappa shape index (κ1) is 22.6. The lowest BCUT2D eigenvalue weighted by molar-refractivity contribution is -0.120. The molecule has 0 saturated heterocycles. The number of carbonyl (C=O) groups excluding carboxylic acids is 1. The van der Waals surface area contributed by atoms with Crippen molar-refractivity contribution < 1.29 is 9.53 Å². The molecule has 0 aliphatic heterocycles. The fraction of sp³-hybridized carbons (Fsp3) is 0.143. The number of benzene rings is 4. The van der Waals surface area contributed by atoms with Crippen LogP contribution in [0.5, 0.6) is 5.75 Å². The van der Waals surface area contributed by atoms with Crippen molar-refractivity contribution in [3.63, 3.8) is 0 Å². The predicted molar refractivity (Wildman–Crippen MR) is 135 cm³/mol. The molecule has 4 rings (SSSR count). The second kappa shape index (κ2) is 10.3. The van der Waals surface area contributed by atoms with Gasteiger partial charge in [-0.15, -0.1) is 0 Å². The molecule has 0 aliphatic carbocycles. The summed E-state index contributed by atoms with van der Waals surface area (Å²) in [4.78, 5) is 12.5. The lowest BCUT2D eigenvalue weighted by Crippen LogP contribution is -2.20. The number of ether oxygens (including phenoxy) is 1. The third kappa shape index (κ3) is 5.79. The highest BCUT2D eigenvalue weighted by atomic mass is 35.5. The van der Waals surface area contributed by atoms with E-state index in [2.05, 4.69) is 16.6 Å². The van der Waals surface area contributed by atoms with Crippen LogP contribution in [0.1, 0.15) is 27.8 Å². The first-order valence-corrected chi connectivity index (χ1v) is 11.1. The van der Waals surface area contributed by atoms with E-state index in [9.17, 15) is 4.79 Å². The first-order valence-electron chi connectivity index (χ1n) is 10.8. The van der Waals surface area contributed by atoms with E-state index >= 15 is 0 Å². The minimum atomic E-state index is -0.165. The molecule has 0 spiro atoms. The average molecular weight is 457 g/mol. The molecule has 0 atom stereocenters. The molecule has 4 aromatic rings. The zero-order valence-electron chi connectivity index (χ0n) is 18.6. The van der Waals surface area contributed by atoms with Crippen LogP contribution in [0.4, 0.5) is 0 Å². The summed E-state index contributed by atoms with van der Waals surface area (Å²) in [5, 5.41) is 7.00. The molecular formula is C28H25ClN2O2. The predicted octanol–water partition coefficient (Wildman–Crippen LogP) is 6.38. The number of nitrogens with one attached hydrogen (secondary N) is 1. The third-order valence-electron chi connectivity index (χ3n) is 5.47. The molecule has 0 fully saturated rings. The van der Waals surface area contributed by atoms with Gasteiger partial charge in [-0.2, -0.15) is 5.10 Å². The molecule has 0 aliphatic rings. The van der Waals surface area contributed by atoms with Crippen molar-refractivity contribution in [3.05, 3.63) is 112 Å². The van der Waals surface area contributed by atoms with Gasteiger partial charge in [-0.3, -0.25) is 4.79 Å². The van der Waals surface area contributed by atoms with Gasteiger partial charge in [0.2, 0.25) is 5.91 Å². The summed E-state index contributed by atoms with van der Waals surface area (Å²) in [6.45, 7) is 4.45. The fourth-order valence-corrected chi connectivity index (χ4v) is 3.83. The smallest absolute Gasteiger partial charge is 0.244 e. The van der Waals surface area contributed by atoms with Gasteiger partial charge in [-0.05, 0) is 59.5 Å². The molecule has 4 aromatic carbocycles. The molecule has 0 bridgehead atoms. The highest BCUT2D eigenvalue weighted by Crippen LogP contribution is 2.27. The van der Waals surface area contributed by atoms with Crippen molar-refractivity contribution in [3.8, 4) is 5.75 Å². The van der Waals surface area contributed by atoms with Gasteiger partial charge in [-0.25, -0.2) is 5.43 Å². The van der Waals surface area contributed by atoms with Crippen LogP contribution in [0, 0.1) is 13.8 Å². The van der Waals surface area contributed by atoms with Crippen LogP contribution in [-0.4, -0.2) is 12.1 Å². The highest BCUT2D eigenvalue weighted by molar-refractivity contribution is 6.30. The van der Waals surface area contributed by atoms with Crippen molar-refractivity contribution in [2.75, 3.05) is 0 Å². The quantitative estimate of drug-likeness (QED) is 0.259. The lowest BCUT2D eigenvalue weighted by Gasteiger charge is -2.12. The second-order valence-electron chi connectivity index (χ2n) is 8.01. The maximum absolute atomic E-state index is 12.5. The molecule has 166 valence electrons. The van der Waals surface area contributed by atoms with Gasteiger partial charge in [0, 0.05) is 10.6 Å². The van der Waals surface area contributed by atoms with E-state index in [0.717, 1.165) is 33.0 Å². The van der Waals surface area contributed by atoms with Crippen LogP contribution >= 0.6 is 11.6 Å². The molecule has 1 amide bonds. The van der Waals surface area contributed by atoms with E-state index in [1.807, 2.05) is 86.6 Å². The Hall–Kier alpha value is -3.63. The van der Waals surface area contributed by atoms with Gasteiger partial charge in [0.1, 0.15) is 12.4 Å². The SMILES string of the molecule is Cc1ccc(CC(=O)N/N=C/c2c(OCc3ccc(Cl)cc3)ccc3ccccc23)c(C)c1. The van der Waals surface area contributed by atoms with Crippen LogP contribution in [0.15, 0.2) is 84.0 Å². The number of carbonyl (C=O) groups is 1. The molecule has 1 N–H and O–H groups in total. The van der Waals surface area contributed by atoms with Crippen LogP contribution in [-0.2, 0) is 17.8 Å². The maximum atomic E-state index is 12.5. The zero-order valence-corrected chi connectivity index (χ0v) is 19.4. The Bertz CT molecular complexity index is 1310. The van der Waals surface area contributed by atoms with Crippen molar-refractivity contribution >= 4 is 34.5 Å². The highest BCUT2D eigenvalue weighted by Gasteiger charge is 2.09. The van der Waals surface area contributed by atoms with E-state index in [0.29, 0.717) is 17.4 Å². The molecule has 0 saturated carbocycles. The van der Waals surface area contributed by atoms with Crippen molar-refractivity contribution in [2.45, 2.75) is 26.9 Å². The lowest BCUT2D eigenvalue weighted by atomic mass is 10.0. The molecule has 0 radical (unpaired) electrons. The number of halogens is 1. The number of aryl methyl sites for hydroxylation is 2. The van der Waals surface area contributed by atoms with Crippen LogP contribution in [0.3, 0.4) is 0 Å². The Morgan fingerprint density at radius 2 is 1.79 bits per heavy atom. The Morgan fingerprint density at radius 1 is 1.00 bits per heavy atom. The van der Waals surface area contributed by atoms with E-state index in [-0.39, 0.29) is 12.3 Å². The minimum absolute atomic E-state index is 0.165. The third-order valence-corrected chi connectivity index (χ3v) is 5.72. The number of fused-ring (bicyclic) bond motifs is 1. The Balaban J connectivity index is 1.52. The molecule has 0 unspecified atom stereocenters. The summed E-state index contributed by atoms with van der Waals surface area (Å²) in [6.07, 6.45) is 1.93. The summed E-state index contributed by atoms with van der Waals surface area (Å²) >= 11 is 5.98. The summed E-state index contributed by atoms with van der Waals surface area (Å²) in [6, 6.07) is 25.6. The van der Waals surface area contributed by atoms with Gasteiger partial charge in [0.15, 0.2) is 0 Å². The van der Waals surface area contributed by atoms with Crippen molar-refractivity contribution in [1.29, 1.82) is 0 Å². The van der Waals surface area contributed by atoms with Gasteiger partial charge >= 0.3 is 0 Å². The van der Waals surface area contributed by atoms with E-state index in [1.165, 1.54) is 5.56 Å². The summed E-state index contributed by atoms with van der Waals surface area (Å²) < 4.78 is 6.10. The molecule has 0 heterocycles. The Kier molecular flexibility index (Phi) is 7.06. The van der Waals surface area contributed by atoms with Gasteiger partial charge in [-0.1, -0.05) is 77.8 Å². The molecule has 4 nitrogen and oxygen atoms in total. The number of nitrogens with zero attached hydrogens (tertiary/aromatic N) is 1. The van der Waals surface area contributed by atoms with Crippen LogP contribution < -0.4 is 10.2 Å². The van der Waals surface area contributed by atoms with E-state index in [1.54, 1.807) is 6.21 Å². The minimum Gasteiger partial charge on any atom is -0.488 e. The standard InChI is InChI=1S/C28H25ClN2O2/c1-19-7-10-23(20(2)15-19)16-28(32)31-30-17-26-25-6-4-3-5-22(25)11-14-27(26)33-18-21-8-12-24(29)13-9-21/h3-15,17H,16,18H2,1-2H3,(H,31,32)/b30-17+. The van der Waals surface area contributed by atoms with E-state index in [4.69, 9.17) is 16.3 Å². The molecule has 5 heteroatoms. The Morgan fingerprint density at radius 3 is 2.58 bits per heavy atom. The number of hydrazone groups is 1. The average Bonchev–Trinajstić information content (AvgIpc) is 2.81. The summed E-state index contributed by atoms with van der Waals surface area (Å²) in [5.41, 5.74) is 7.75. The monoisotopic (exact) mass is 456 g/mol. The maximum Gasteiger partial charge on any atom is 0.244 e.